The van der Waals surface area contributed by atoms with Crippen molar-refractivity contribution in [1.82, 2.24) is 14.5 Å². The Kier molecular flexibility index (Phi) is 3.63. The monoisotopic (exact) mass is 335 g/mol. The number of carbonyl (C=O) groups excluding carboxylic acids is 1. The lowest BCUT2D eigenvalue weighted by molar-refractivity contribution is 0.0817. The Labute approximate surface area is 134 Å². The molecule has 1 aliphatic rings. The summed E-state index contributed by atoms with van der Waals surface area (Å²) in [5.41, 5.74) is 1.36. The largest absolute Gasteiger partial charge is 0.497 e. The van der Waals surface area contributed by atoms with Gasteiger partial charge in [-0.15, -0.1) is 0 Å². The molecule has 0 aliphatic carbocycles. The van der Waals surface area contributed by atoms with Crippen LogP contribution in [0.1, 0.15) is 10.5 Å². The van der Waals surface area contributed by atoms with Gasteiger partial charge in [-0.2, -0.15) is 0 Å². The Hall–Kier alpha value is -2.35. The van der Waals surface area contributed by atoms with Crippen LogP contribution in [0.4, 0.5) is 0 Å². The SMILES string of the molecule is COc1ccc(-c2nc3n(c2C(=O)N(C)C)CCS3(=O)=O)cc1. The first-order valence-corrected chi connectivity index (χ1v) is 8.69. The maximum atomic E-state index is 12.5. The zero-order valence-electron chi connectivity index (χ0n) is 13.1. The normalized spacial score (nSPS) is 15.3. The number of nitrogens with zero attached hydrogens (tertiary/aromatic N) is 3. The molecule has 0 spiro atoms. The lowest BCUT2D eigenvalue weighted by atomic mass is 10.1. The van der Waals surface area contributed by atoms with Gasteiger partial charge in [-0.25, -0.2) is 13.4 Å². The lowest BCUT2D eigenvalue weighted by Crippen LogP contribution is -2.25. The second-order valence-corrected chi connectivity index (χ2v) is 7.49. The number of methoxy groups -OCH3 is 1. The van der Waals surface area contributed by atoms with Crippen LogP contribution in [0.5, 0.6) is 5.75 Å². The van der Waals surface area contributed by atoms with E-state index in [0.29, 0.717) is 22.7 Å². The fraction of sp³-hybridized carbons (Fsp3) is 0.333. The van der Waals surface area contributed by atoms with Crippen LogP contribution in [0.2, 0.25) is 0 Å². The van der Waals surface area contributed by atoms with Crippen molar-refractivity contribution in [2.24, 2.45) is 0 Å². The Bertz CT molecular complexity index is 867. The Morgan fingerprint density at radius 3 is 2.48 bits per heavy atom. The van der Waals surface area contributed by atoms with Gasteiger partial charge in [0, 0.05) is 26.2 Å². The average Bonchev–Trinajstić information content (AvgIpc) is 3.04. The van der Waals surface area contributed by atoms with Crippen molar-refractivity contribution in [3.63, 3.8) is 0 Å². The summed E-state index contributed by atoms with van der Waals surface area (Å²) in [6.45, 7) is 0.246. The van der Waals surface area contributed by atoms with Crippen LogP contribution in [0.15, 0.2) is 29.4 Å². The summed E-state index contributed by atoms with van der Waals surface area (Å²) >= 11 is 0. The maximum Gasteiger partial charge on any atom is 0.272 e. The molecular weight excluding hydrogens is 318 g/mol. The summed E-state index contributed by atoms with van der Waals surface area (Å²) < 4.78 is 30.8. The number of fused-ring (bicyclic) bond motifs is 1. The molecule has 1 amide bonds. The molecule has 0 atom stereocenters. The van der Waals surface area contributed by atoms with Crippen LogP contribution in [-0.2, 0) is 16.4 Å². The molecule has 1 aliphatic heterocycles. The van der Waals surface area contributed by atoms with E-state index >= 15 is 0 Å². The van der Waals surface area contributed by atoms with Gasteiger partial charge in [-0.3, -0.25) is 4.79 Å². The van der Waals surface area contributed by atoms with E-state index in [-0.39, 0.29) is 23.4 Å². The highest BCUT2D eigenvalue weighted by Crippen LogP contribution is 2.31. The van der Waals surface area contributed by atoms with E-state index < -0.39 is 9.84 Å². The molecule has 0 radical (unpaired) electrons. The molecule has 0 saturated heterocycles. The summed E-state index contributed by atoms with van der Waals surface area (Å²) in [6.07, 6.45) is 0. The number of hydrogen-bond donors (Lipinski definition) is 0. The summed E-state index contributed by atoms with van der Waals surface area (Å²) in [7, 11) is 1.39. The van der Waals surface area contributed by atoms with Crippen LogP contribution in [0, 0.1) is 0 Å². The second-order valence-electron chi connectivity index (χ2n) is 5.49. The summed E-state index contributed by atoms with van der Waals surface area (Å²) in [6, 6.07) is 7.02. The number of ether oxygens (including phenoxy) is 1. The van der Waals surface area contributed by atoms with Gasteiger partial charge in [-0.05, 0) is 24.3 Å². The van der Waals surface area contributed by atoms with Gasteiger partial charge < -0.3 is 14.2 Å². The minimum Gasteiger partial charge on any atom is -0.497 e. The van der Waals surface area contributed by atoms with E-state index in [9.17, 15) is 13.2 Å². The predicted octanol–water partition coefficient (Wildman–Crippen LogP) is 1.05. The molecule has 23 heavy (non-hydrogen) atoms. The Morgan fingerprint density at radius 1 is 1.26 bits per heavy atom. The van der Waals surface area contributed by atoms with Crippen molar-refractivity contribution in [2.75, 3.05) is 27.0 Å². The van der Waals surface area contributed by atoms with Crippen LogP contribution in [-0.4, -0.2) is 55.7 Å². The fourth-order valence-electron chi connectivity index (χ4n) is 2.56. The van der Waals surface area contributed by atoms with Crippen molar-refractivity contribution in [3.05, 3.63) is 30.0 Å². The zero-order valence-corrected chi connectivity index (χ0v) is 13.9. The summed E-state index contributed by atoms with van der Waals surface area (Å²) in [5.74, 6) is 0.381. The molecule has 2 heterocycles. The van der Waals surface area contributed by atoms with Crippen LogP contribution in [0.25, 0.3) is 11.3 Å². The van der Waals surface area contributed by atoms with Crippen molar-refractivity contribution in [3.8, 4) is 17.0 Å². The molecule has 1 aromatic carbocycles. The topological polar surface area (TPSA) is 81.5 Å². The third-order valence-electron chi connectivity index (χ3n) is 3.77. The summed E-state index contributed by atoms with van der Waals surface area (Å²) in [4.78, 5) is 18.2. The number of imidazole rings is 1. The van der Waals surface area contributed by atoms with Gasteiger partial charge in [0.05, 0.1) is 12.9 Å². The van der Waals surface area contributed by atoms with Gasteiger partial charge in [0.2, 0.25) is 15.0 Å². The molecule has 0 bridgehead atoms. The molecular formula is C15H17N3O4S. The van der Waals surface area contributed by atoms with Gasteiger partial charge in [-0.1, -0.05) is 0 Å². The molecule has 0 saturated carbocycles. The van der Waals surface area contributed by atoms with Gasteiger partial charge in [0.15, 0.2) is 0 Å². The second kappa shape index (κ2) is 5.38. The van der Waals surface area contributed by atoms with E-state index in [4.69, 9.17) is 4.74 Å². The van der Waals surface area contributed by atoms with Gasteiger partial charge in [0.25, 0.3) is 5.91 Å². The fourth-order valence-corrected chi connectivity index (χ4v) is 3.91. The van der Waals surface area contributed by atoms with E-state index in [2.05, 4.69) is 4.98 Å². The number of hydrogen-bond acceptors (Lipinski definition) is 5. The molecule has 0 fully saturated rings. The van der Waals surface area contributed by atoms with Crippen LogP contribution in [0.3, 0.4) is 0 Å². The Balaban J connectivity index is 2.22. The first kappa shape index (κ1) is 15.5. The van der Waals surface area contributed by atoms with Crippen molar-refractivity contribution < 1.29 is 17.9 Å². The van der Waals surface area contributed by atoms with E-state index in [1.54, 1.807) is 45.5 Å². The minimum atomic E-state index is -3.43. The standard InChI is InChI=1S/C15H17N3O4S/c1-17(2)14(19)13-12(10-4-6-11(22-3)7-5-10)16-15-18(13)8-9-23(15,20)21/h4-7H,8-9H2,1-3H3. The quantitative estimate of drug-likeness (QED) is 0.837. The highest BCUT2D eigenvalue weighted by Gasteiger charge is 2.35. The van der Waals surface area contributed by atoms with E-state index in [0.717, 1.165) is 0 Å². The van der Waals surface area contributed by atoms with Crippen molar-refractivity contribution in [2.45, 2.75) is 11.7 Å². The molecule has 0 unspecified atom stereocenters. The zero-order chi connectivity index (χ0) is 16.8. The van der Waals surface area contributed by atoms with E-state index in [1.165, 1.54) is 9.47 Å². The minimum absolute atomic E-state index is 0.0219. The molecule has 122 valence electrons. The highest BCUT2D eigenvalue weighted by atomic mass is 32.2. The Morgan fingerprint density at radius 2 is 1.91 bits per heavy atom. The number of rotatable bonds is 3. The summed E-state index contributed by atoms with van der Waals surface area (Å²) in [5, 5.41) is -0.0338. The number of sulfone groups is 1. The number of carbonyl (C=O) groups is 1. The third kappa shape index (κ3) is 2.48. The average molecular weight is 335 g/mol. The predicted molar refractivity (Wildman–Crippen MR) is 84.3 cm³/mol. The molecule has 0 N–H and O–H groups in total. The molecule has 7 nitrogen and oxygen atoms in total. The molecule has 1 aromatic heterocycles. The van der Waals surface area contributed by atoms with Gasteiger partial charge in [0.1, 0.15) is 17.1 Å². The highest BCUT2D eigenvalue weighted by molar-refractivity contribution is 7.91. The van der Waals surface area contributed by atoms with Crippen LogP contribution >= 0.6 is 0 Å². The van der Waals surface area contributed by atoms with Crippen molar-refractivity contribution in [1.29, 1.82) is 0 Å². The van der Waals surface area contributed by atoms with Gasteiger partial charge >= 0.3 is 0 Å². The first-order chi connectivity index (χ1) is 10.8. The third-order valence-corrected chi connectivity index (χ3v) is 5.35. The number of aromatic nitrogens is 2. The molecule has 2 aromatic rings. The van der Waals surface area contributed by atoms with Crippen molar-refractivity contribution >= 4 is 15.7 Å². The first-order valence-electron chi connectivity index (χ1n) is 7.04. The number of benzene rings is 1. The lowest BCUT2D eigenvalue weighted by Gasteiger charge is -2.13. The number of amides is 1. The smallest absolute Gasteiger partial charge is 0.272 e. The molecule has 3 rings (SSSR count). The molecule has 8 heteroatoms. The van der Waals surface area contributed by atoms with Crippen LogP contribution < -0.4 is 4.74 Å². The van der Waals surface area contributed by atoms with E-state index in [1.807, 2.05) is 0 Å². The maximum absolute atomic E-state index is 12.5.